The van der Waals surface area contributed by atoms with Gasteiger partial charge in [0.05, 0.1) is 19.2 Å². The summed E-state index contributed by atoms with van der Waals surface area (Å²) in [5.41, 5.74) is -0.316. The molecule has 1 heterocycles. The minimum absolute atomic E-state index is 0.00960. The lowest BCUT2D eigenvalue weighted by Crippen LogP contribution is -2.60. The second kappa shape index (κ2) is 18.4. The van der Waals surface area contributed by atoms with Crippen molar-refractivity contribution in [2.75, 3.05) is 33.8 Å². The molecule has 4 fully saturated rings. The van der Waals surface area contributed by atoms with Gasteiger partial charge in [-0.3, -0.25) is 28.8 Å². The molecule has 310 valence electrons. The third-order valence-electron chi connectivity index (χ3n) is 12.1. The van der Waals surface area contributed by atoms with E-state index in [0.717, 1.165) is 32.1 Å². The molecule has 0 aromatic heterocycles. The van der Waals surface area contributed by atoms with E-state index in [1.54, 1.807) is 21.0 Å². The summed E-state index contributed by atoms with van der Waals surface area (Å²) in [5.74, 6) is -7.98. The van der Waals surface area contributed by atoms with E-state index in [9.17, 15) is 42.3 Å². The average Bonchev–Trinajstić information content (AvgIpc) is 3.43. The highest BCUT2D eigenvalue weighted by Gasteiger charge is 2.70. The topological polar surface area (TPSA) is 183 Å². The van der Waals surface area contributed by atoms with Crippen LogP contribution in [0.2, 0.25) is 0 Å². The Bertz CT molecular complexity index is 1440. The summed E-state index contributed by atoms with van der Waals surface area (Å²) in [6.45, 7) is 9.16. The van der Waals surface area contributed by atoms with Crippen LogP contribution in [0.1, 0.15) is 105 Å². The van der Waals surface area contributed by atoms with Gasteiger partial charge in [0.25, 0.3) is 5.91 Å². The molecule has 6 amide bonds. The predicted molar refractivity (Wildman–Crippen MR) is 198 cm³/mol. The van der Waals surface area contributed by atoms with Crippen LogP contribution in [0.5, 0.6) is 0 Å². The molecule has 14 nitrogen and oxygen atoms in total. The summed E-state index contributed by atoms with van der Waals surface area (Å²) in [7, 11) is 3.22. The van der Waals surface area contributed by atoms with Crippen molar-refractivity contribution >= 4 is 41.4 Å². The van der Waals surface area contributed by atoms with Crippen molar-refractivity contribution in [3.63, 3.8) is 0 Å². The van der Waals surface area contributed by atoms with Crippen LogP contribution in [-0.2, 0) is 33.5 Å². The van der Waals surface area contributed by atoms with Gasteiger partial charge in [0.15, 0.2) is 0 Å². The largest absolute Gasteiger partial charge is 0.449 e. The zero-order valence-corrected chi connectivity index (χ0v) is 33.5. The number of likely N-dealkylation sites (N-methyl/N-ethyl adjacent to an activating group) is 1. The van der Waals surface area contributed by atoms with Crippen LogP contribution in [0, 0.1) is 35.0 Å². The molecular formula is C39H62F2N6O8. The molecule has 0 spiro atoms. The van der Waals surface area contributed by atoms with E-state index in [2.05, 4.69) is 21.3 Å². The van der Waals surface area contributed by atoms with E-state index in [1.807, 2.05) is 27.7 Å². The van der Waals surface area contributed by atoms with Gasteiger partial charge in [-0.25, -0.2) is 13.6 Å². The minimum atomic E-state index is -2.87. The number of halogens is 2. The highest BCUT2D eigenvalue weighted by molar-refractivity contribution is 6.38. The number of carbonyl (C=O) groups is 7. The number of fused-ring (bicyclic) bond motifs is 1. The fourth-order valence-electron chi connectivity index (χ4n) is 8.75. The summed E-state index contributed by atoms with van der Waals surface area (Å²) < 4.78 is 33.6. The highest BCUT2D eigenvalue weighted by atomic mass is 19.3. The fourth-order valence-corrected chi connectivity index (χ4v) is 8.75. The van der Waals surface area contributed by atoms with Crippen LogP contribution in [0.25, 0.3) is 0 Å². The van der Waals surface area contributed by atoms with Gasteiger partial charge in [0, 0.05) is 33.5 Å². The van der Waals surface area contributed by atoms with Crippen molar-refractivity contribution in [3.05, 3.63) is 0 Å². The second-order valence-electron chi connectivity index (χ2n) is 17.3. The van der Waals surface area contributed by atoms with Gasteiger partial charge in [0.2, 0.25) is 35.3 Å². The van der Waals surface area contributed by atoms with Crippen LogP contribution in [0.15, 0.2) is 0 Å². The van der Waals surface area contributed by atoms with E-state index in [4.69, 9.17) is 4.74 Å². The molecule has 3 aliphatic carbocycles. The molecular weight excluding hydrogens is 718 g/mol. The molecule has 16 heteroatoms. The maximum absolute atomic E-state index is 14.3. The number of nitrogens with one attached hydrogen (secondary N) is 4. The van der Waals surface area contributed by atoms with E-state index in [1.165, 1.54) is 9.80 Å². The lowest BCUT2D eigenvalue weighted by atomic mass is 9.81. The Balaban J connectivity index is 1.45. The first-order valence-corrected chi connectivity index (χ1v) is 20.0. The molecule has 4 aliphatic rings. The maximum Gasteiger partial charge on any atom is 0.407 e. The number of piperidine rings is 1. The van der Waals surface area contributed by atoms with Crippen molar-refractivity contribution in [1.82, 2.24) is 31.1 Å². The van der Waals surface area contributed by atoms with Crippen molar-refractivity contribution < 1.29 is 47.1 Å². The number of alkyl halides is 2. The monoisotopic (exact) mass is 780 g/mol. The third-order valence-corrected chi connectivity index (χ3v) is 12.1. The Kier molecular flexibility index (Phi) is 14.7. The first kappa shape index (κ1) is 43.9. The second-order valence-corrected chi connectivity index (χ2v) is 17.3. The minimum Gasteiger partial charge on any atom is -0.449 e. The van der Waals surface area contributed by atoms with Crippen molar-refractivity contribution in [2.45, 2.75) is 135 Å². The number of ether oxygens (including phenoxy) is 1. The van der Waals surface area contributed by atoms with Crippen LogP contribution < -0.4 is 21.3 Å². The summed E-state index contributed by atoms with van der Waals surface area (Å²) in [4.78, 5) is 96.5. The zero-order chi connectivity index (χ0) is 40.8. The number of likely N-dealkylation sites (tertiary alicyclic amines) is 1. The summed E-state index contributed by atoms with van der Waals surface area (Å²) >= 11 is 0. The molecule has 0 aromatic rings. The number of hydrogen-bond donors (Lipinski definition) is 4. The first-order valence-electron chi connectivity index (χ1n) is 20.0. The Hall–Kier alpha value is -3.85. The number of amides is 6. The van der Waals surface area contributed by atoms with Crippen LogP contribution in [0.3, 0.4) is 0 Å². The molecule has 0 bridgehead atoms. The van der Waals surface area contributed by atoms with Gasteiger partial charge < -0.3 is 35.8 Å². The Morgan fingerprint density at radius 1 is 0.873 bits per heavy atom. The van der Waals surface area contributed by atoms with Gasteiger partial charge in [-0.1, -0.05) is 60.3 Å². The molecule has 3 saturated carbocycles. The Morgan fingerprint density at radius 3 is 2.07 bits per heavy atom. The molecule has 0 radical (unpaired) electrons. The fraction of sp³-hybridized carbons (Fsp3) is 0.821. The van der Waals surface area contributed by atoms with Gasteiger partial charge in [-0.15, -0.1) is 0 Å². The van der Waals surface area contributed by atoms with Gasteiger partial charge >= 0.3 is 6.09 Å². The number of rotatable bonds is 16. The molecule has 6 atom stereocenters. The number of ketones is 1. The number of Topliss-reactive ketones (excluding diaryl/α,β-unsaturated/α-hetero) is 1. The quantitative estimate of drug-likeness (QED) is 0.172. The van der Waals surface area contributed by atoms with Gasteiger partial charge in [-0.2, -0.15) is 0 Å². The molecule has 4 rings (SSSR count). The van der Waals surface area contributed by atoms with E-state index < -0.39 is 90.9 Å². The molecule has 4 N–H and O–H groups in total. The normalized spacial score (nSPS) is 24.8. The first-order chi connectivity index (χ1) is 25.8. The Labute approximate surface area is 323 Å². The number of nitrogens with zero attached hydrogens (tertiary/aromatic N) is 2. The highest BCUT2D eigenvalue weighted by Crippen LogP contribution is 2.65. The van der Waals surface area contributed by atoms with Crippen LogP contribution in [0.4, 0.5) is 13.6 Å². The average molecular weight is 781 g/mol. The van der Waals surface area contributed by atoms with E-state index in [0.29, 0.717) is 6.42 Å². The SMILES string of the molecule is CCCC(NC(=O)C1C2C(CN1C(=O)C(NC(=O)OCC(C)C)C1CCC(F)(F)CC1)C2(C)C)C(=O)C(=O)NCC(=O)N[C@H](C(=O)N(C)C)C1CCCCC1. The van der Waals surface area contributed by atoms with E-state index in [-0.39, 0.29) is 67.4 Å². The lowest BCUT2D eigenvalue weighted by molar-refractivity contribution is -0.145. The smallest absolute Gasteiger partial charge is 0.407 e. The van der Waals surface area contributed by atoms with Gasteiger partial charge in [0.1, 0.15) is 18.1 Å². The Morgan fingerprint density at radius 2 is 1.49 bits per heavy atom. The van der Waals surface area contributed by atoms with Crippen molar-refractivity contribution in [3.8, 4) is 0 Å². The standard InChI is InChI=1S/C39H62F2N6O8/c1-8-12-26(32(49)34(51)42-19-27(48)44-29(35(52)46(6)7)23-13-10-9-11-14-23)43-33(50)31-28-25(38(28,4)5)20-47(31)36(53)30(45-37(54)55-21-22(2)3)24-15-17-39(40,41)18-16-24/h22-26,28-31H,8-21H2,1-7H3,(H,42,51)(H,43,50)(H,44,48)(H,45,54)/t25?,26?,28?,29-,30?,31?/m0/s1. The van der Waals surface area contributed by atoms with Crippen LogP contribution in [-0.4, -0.2) is 115 Å². The summed E-state index contributed by atoms with van der Waals surface area (Å²) in [6, 6.07) is -4.26. The third kappa shape index (κ3) is 10.9. The molecule has 55 heavy (non-hydrogen) atoms. The maximum atomic E-state index is 14.3. The predicted octanol–water partition coefficient (Wildman–Crippen LogP) is 3.17. The molecule has 1 saturated heterocycles. The zero-order valence-electron chi connectivity index (χ0n) is 33.5. The summed E-state index contributed by atoms with van der Waals surface area (Å²) in [5, 5.41) is 10.4. The summed E-state index contributed by atoms with van der Waals surface area (Å²) in [6.07, 6.45) is 3.32. The van der Waals surface area contributed by atoms with Gasteiger partial charge in [-0.05, 0) is 67.1 Å². The lowest BCUT2D eigenvalue weighted by Gasteiger charge is -2.38. The number of hydrogen-bond acceptors (Lipinski definition) is 8. The van der Waals surface area contributed by atoms with E-state index >= 15 is 0 Å². The van der Waals surface area contributed by atoms with Crippen molar-refractivity contribution in [2.24, 2.45) is 35.0 Å². The molecule has 0 aromatic carbocycles. The van der Waals surface area contributed by atoms with Crippen molar-refractivity contribution in [1.29, 1.82) is 0 Å². The molecule has 5 unspecified atom stereocenters. The number of carbonyl (C=O) groups excluding carboxylic acids is 7. The van der Waals surface area contributed by atoms with Crippen LogP contribution >= 0.6 is 0 Å². The number of alkyl carbamates (subject to hydrolysis) is 1. The molecule has 1 aliphatic heterocycles.